The van der Waals surface area contributed by atoms with E-state index < -0.39 is 0 Å². The predicted octanol–water partition coefficient (Wildman–Crippen LogP) is 0.907. The number of carbonyl (C=O) groups is 1. The number of benzene rings is 1. The standard InChI is InChI=1S/C18H23FN6O2/c1-24(10-13-8-16(26)23-17(20)22-13)14-6-7-25(11-14)18(27)21-9-12-4-2-3-5-15(12)19/h2-5,8,14H,6-7,9-11H2,1H3,(H,21,27)(H3,20,22,23,26)/t14-/m1/s1. The minimum atomic E-state index is -0.332. The summed E-state index contributed by atoms with van der Waals surface area (Å²) in [7, 11) is 1.92. The maximum atomic E-state index is 13.6. The molecule has 1 saturated heterocycles. The Kier molecular flexibility index (Phi) is 5.70. The Balaban J connectivity index is 1.52. The first-order valence-electron chi connectivity index (χ1n) is 8.74. The van der Waals surface area contributed by atoms with Crippen molar-refractivity contribution < 1.29 is 9.18 Å². The van der Waals surface area contributed by atoms with Crippen molar-refractivity contribution in [1.29, 1.82) is 0 Å². The number of anilines is 1. The summed E-state index contributed by atoms with van der Waals surface area (Å²) in [6.07, 6.45) is 0.808. The van der Waals surface area contributed by atoms with Crippen LogP contribution in [0.3, 0.4) is 0 Å². The number of H-pyrrole nitrogens is 1. The number of rotatable bonds is 5. The highest BCUT2D eigenvalue weighted by atomic mass is 19.1. The van der Waals surface area contributed by atoms with Gasteiger partial charge in [-0.25, -0.2) is 14.2 Å². The monoisotopic (exact) mass is 374 g/mol. The second-order valence-electron chi connectivity index (χ2n) is 6.68. The number of nitrogens with one attached hydrogen (secondary N) is 2. The second kappa shape index (κ2) is 8.17. The lowest BCUT2D eigenvalue weighted by Crippen LogP contribution is -2.41. The van der Waals surface area contributed by atoms with E-state index in [-0.39, 0.29) is 35.9 Å². The summed E-state index contributed by atoms with van der Waals surface area (Å²) in [5, 5.41) is 2.76. The van der Waals surface area contributed by atoms with E-state index in [0.717, 1.165) is 6.42 Å². The smallest absolute Gasteiger partial charge is 0.317 e. The Morgan fingerprint density at radius 2 is 2.26 bits per heavy atom. The molecule has 0 spiro atoms. The van der Waals surface area contributed by atoms with E-state index in [0.29, 0.717) is 30.9 Å². The van der Waals surface area contributed by atoms with E-state index in [1.165, 1.54) is 12.1 Å². The van der Waals surface area contributed by atoms with Crippen LogP contribution in [-0.2, 0) is 13.1 Å². The topological polar surface area (TPSA) is 107 Å². The van der Waals surface area contributed by atoms with Crippen LogP contribution in [0.25, 0.3) is 0 Å². The van der Waals surface area contributed by atoms with Crippen LogP contribution in [0.15, 0.2) is 35.1 Å². The molecule has 0 aliphatic carbocycles. The molecule has 1 aromatic carbocycles. The predicted molar refractivity (Wildman–Crippen MR) is 99.4 cm³/mol. The van der Waals surface area contributed by atoms with E-state index in [4.69, 9.17) is 5.73 Å². The van der Waals surface area contributed by atoms with Gasteiger partial charge in [-0.3, -0.25) is 14.7 Å². The minimum Gasteiger partial charge on any atom is -0.369 e. The van der Waals surface area contributed by atoms with E-state index in [2.05, 4.69) is 15.3 Å². The molecular weight excluding hydrogens is 351 g/mol. The van der Waals surface area contributed by atoms with Crippen molar-refractivity contribution in [1.82, 2.24) is 25.1 Å². The van der Waals surface area contributed by atoms with Crippen molar-refractivity contribution in [2.24, 2.45) is 0 Å². The van der Waals surface area contributed by atoms with Gasteiger partial charge < -0.3 is 16.0 Å². The van der Waals surface area contributed by atoms with Crippen molar-refractivity contribution in [3.05, 3.63) is 57.8 Å². The number of hydrogen-bond donors (Lipinski definition) is 3. The van der Waals surface area contributed by atoms with Crippen molar-refractivity contribution in [2.75, 3.05) is 25.9 Å². The maximum Gasteiger partial charge on any atom is 0.317 e. The molecule has 0 unspecified atom stereocenters. The molecule has 2 heterocycles. The molecule has 1 aliphatic heterocycles. The number of nitrogens with two attached hydrogens (primary N) is 1. The Hall–Kier alpha value is -2.94. The van der Waals surface area contributed by atoms with Crippen molar-refractivity contribution in [2.45, 2.75) is 25.6 Å². The highest BCUT2D eigenvalue weighted by Gasteiger charge is 2.29. The highest BCUT2D eigenvalue weighted by molar-refractivity contribution is 5.74. The van der Waals surface area contributed by atoms with Gasteiger partial charge in [0.1, 0.15) is 5.82 Å². The molecule has 0 saturated carbocycles. The third-order valence-corrected chi connectivity index (χ3v) is 4.69. The largest absolute Gasteiger partial charge is 0.369 e. The number of carbonyl (C=O) groups excluding carboxylic acids is 1. The normalized spacial score (nSPS) is 16.7. The molecule has 9 heteroatoms. The number of likely N-dealkylation sites (tertiary alicyclic amines) is 1. The minimum absolute atomic E-state index is 0.0893. The SMILES string of the molecule is CN(Cc1cc(=O)[nH]c(N)n1)[C@@H]1CCN(C(=O)NCc2ccccc2F)C1. The number of nitrogens with zero attached hydrogens (tertiary/aromatic N) is 3. The van der Waals surface area contributed by atoms with Crippen LogP contribution >= 0.6 is 0 Å². The first kappa shape index (κ1) is 18.8. The Morgan fingerprint density at radius 3 is 3.00 bits per heavy atom. The molecular formula is C18H23FN6O2. The molecule has 1 fully saturated rings. The summed E-state index contributed by atoms with van der Waals surface area (Å²) < 4.78 is 13.6. The first-order chi connectivity index (χ1) is 12.9. The number of hydrogen-bond acceptors (Lipinski definition) is 5. The van der Waals surface area contributed by atoms with Gasteiger partial charge in [0, 0.05) is 43.9 Å². The van der Waals surface area contributed by atoms with Gasteiger partial charge in [0.05, 0.1) is 5.69 Å². The number of halogens is 1. The number of nitrogen functional groups attached to an aromatic ring is 1. The lowest BCUT2D eigenvalue weighted by atomic mass is 10.2. The second-order valence-corrected chi connectivity index (χ2v) is 6.68. The molecule has 8 nitrogen and oxygen atoms in total. The van der Waals surface area contributed by atoms with E-state index in [9.17, 15) is 14.0 Å². The first-order valence-corrected chi connectivity index (χ1v) is 8.74. The molecule has 1 atom stereocenters. The van der Waals surface area contributed by atoms with E-state index >= 15 is 0 Å². The van der Waals surface area contributed by atoms with Crippen molar-refractivity contribution in [3.63, 3.8) is 0 Å². The van der Waals surface area contributed by atoms with Crippen LogP contribution in [0.5, 0.6) is 0 Å². The number of likely N-dealkylation sites (N-methyl/N-ethyl adjacent to an activating group) is 1. The molecule has 2 aromatic rings. The fourth-order valence-corrected chi connectivity index (χ4v) is 3.20. The zero-order valence-corrected chi connectivity index (χ0v) is 15.1. The van der Waals surface area contributed by atoms with Gasteiger partial charge in [0.15, 0.2) is 0 Å². The summed E-state index contributed by atoms with van der Waals surface area (Å²) in [6, 6.07) is 7.72. The van der Waals surface area contributed by atoms with Crippen LogP contribution in [0, 0.1) is 5.82 Å². The Labute approximate surface area is 156 Å². The molecule has 3 rings (SSSR count). The molecule has 27 heavy (non-hydrogen) atoms. The quantitative estimate of drug-likeness (QED) is 0.721. The summed E-state index contributed by atoms with van der Waals surface area (Å²) in [4.78, 5) is 34.1. The third kappa shape index (κ3) is 4.82. The summed E-state index contributed by atoms with van der Waals surface area (Å²) in [6.45, 7) is 1.78. The van der Waals surface area contributed by atoms with Gasteiger partial charge in [0.25, 0.3) is 5.56 Å². The summed E-state index contributed by atoms with van der Waals surface area (Å²) in [5.41, 5.74) is 6.32. The van der Waals surface area contributed by atoms with Crippen molar-refractivity contribution >= 4 is 12.0 Å². The lowest BCUT2D eigenvalue weighted by Gasteiger charge is -2.24. The van der Waals surface area contributed by atoms with Gasteiger partial charge in [-0.1, -0.05) is 18.2 Å². The fraction of sp³-hybridized carbons (Fsp3) is 0.389. The van der Waals surface area contributed by atoms with Crippen LogP contribution in [0.2, 0.25) is 0 Å². The highest BCUT2D eigenvalue weighted by Crippen LogP contribution is 2.16. The number of urea groups is 1. The third-order valence-electron chi connectivity index (χ3n) is 4.69. The van der Waals surface area contributed by atoms with E-state index in [1.54, 1.807) is 23.1 Å². The van der Waals surface area contributed by atoms with Crippen LogP contribution < -0.4 is 16.6 Å². The van der Waals surface area contributed by atoms with Gasteiger partial charge in [0.2, 0.25) is 5.95 Å². The zero-order valence-electron chi connectivity index (χ0n) is 15.1. The average molecular weight is 374 g/mol. The van der Waals surface area contributed by atoms with Gasteiger partial charge >= 0.3 is 6.03 Å². The van der Waals surface area contributed by atoms with Gasteiger partial charge in [-0.05, 0) is 19.5 Å². The Morgan fingerprint density at radius 1 is 1.48 bits per heavy atom. The molecule has 0 bridgehead atoms. The van der Waals surface area contributed by atoms with Gasteiger partial charge in [-0.15, -0.1) is 0 Å². The van der Waals surface area contributed by atoms with Crippen LogP contribution in [0.4, 0.5) is 15.1 Å². The van der Waals surface area contributed by atoms with E-state index in [1.807, 2.05) is 11.9 Å². The molecule has 144 valence electrons. The van der Waals surface area contributed by atoms with Crippen LogP contribution in [0.1, 0.15) is 17.7 Å². The zero-order chi connectivity index (χ0) is 19.4. The maximum absolute atomic E-state index is 13.6. The summed E-state index contributed by atoms with van der Waals surface area (Å²) in [5.74, 6) is -0.243. The average Bonchev–Trinajstić information content (AvgIpc) is 3.10. The molecule has 1 aromatic heterocycles. The van der Waals surface area contributed by atoms with Crippen LogP contribution in [-0.4, -0.2) is 52.0 Å². The number of aromatic nitrogens is 2. The molecule has 0 radical (unpaired) electrons. The molecule has 2 amide bonds. The summed E-state index contributed by atoms with van der Waals surface area (Å²) >= 11 is 0. The molecule has 4 N–H and O–H groups in total. The van der Waals surface area contributed by atoms with Crippen molar-refractivity contribution in [3.8, 4) is 0 Å². The van der Waals surface area contributed by atoms with Gasteiger partial charge in [-0.2, -0.15) is 0 Å². The number of aromatic amines is 1. The fourth-order valence-electron chi connectivity index (χ4n) is 3.20. The Bertz CT molecular complexity index is 871. The lowest BCUT2D eigenvalue weighted by molar-refractivity contribution is 0.196. The molecule has 1 aliphatic rings. The number of amides is 2.